The predicted octanol–water partition coefficient (Wildman–Crippen LogP) is 3.96. The molecule has 0 aliphatic carbocycles. The van der Waals surface area contributed by atoms with Gasteiger partial charge < -0.3 is 10.4 Å². The van der Waals surface area contributed by atoms with Crippen LogP contribution in [-0.2, 0) is 15.8 Å². The van der Waals surface area contributed by atoms with Gasteiger partial charge >= 0.3 is 12.1 Å². The van der Waals surface area contributed by atoms with E-state index in [0.29, 0.717) is 12.0 Å². The first-order valence-electron chi connectivity index (χ1n) is 7.61. The average molecular weight is 345 g/mol. The van der Waals surface area contributed by atoms with Crippen LogP contribution in [0.2, 0.25) is 0 Å². The Balaban J connectivity index is 2.62. The van der Waals surface area contributed by atoms with E-state index in [1.165, 1.54) is 12.1 Å². The standard InChI is InChI=1S/C17H22F3NO3/c1-11(12-4-6-13(7-5-12)17(18,19)20)10-14(22)21-16(2,3)9-8-15(23)24/h4-7,11H,8-10H2,1-3H3,(H,21,22)(H,23,24). The Bertz CT molecular complexity index is 580. The van der Waals surface area contributed by atoms with Crippen LogP contribution in [0.15, 0.2) is 24.3 Å². The average Bonchev–Trinajstić information content (AvgIpc) is 2.43. The van der Waals surface area contributed by atoms with Gasteiger partial charge in [-0.25, -0.2) is 0 Å². The molecule has 1 amide bonds. The molecule has 0 heterocycles. The number of carboxylic acid groups (broad SMARTS) is 1. The Morgan fingerprint density at radius 3 is 2.17 bits per heavy atom. The maximum Gasteiger partial charge on any atom is 0.416 e. The summed E-state index contributed by atoms with van der Waals surface area (Å²) in [5.41, 5.74) is -0.741. The minimum Gasteiger partial charge on any atom is -0.481 e. The van der Waals surface area contributed by atoms with Gasteiger partial charge in [-0.15, -0.1) is 0 Å². The van der Waals surface area contributed by atoms with E-state index in [0.717, 1.165) is 12.1 Å². The van der Waals surface area contributed by atoms with Crippen molar-refractivity contribution >= 4 is 11.9 Å². The van der Waals surface area contributed by atoms with Gasteiger partial charge in [-0.1, -0.05) is 19.1 Å². The number of alkyl halides is 3. The highest BCUT2D eigenvalue weighted by molar-refractivity contribution is 5.77. The molecule has 134 valence electrons. The lowest BCUT2D eigenvalue weighted by molar-refractivity contribution is -0.138. The van der Waals surface area contributed by atoms with Crippen LogP contribution in [0.5, 0.6) is 0 Å². The van der Waals surface area contributed by atoms with Crippen molar-refractivity contribution in [1.82, 2.24) is 5.32 Å². The van der Waals surface area contributed by atoms with E-state index in [2.05, 4.69) is 5.32 Å². The minimum absolute atomic E-state index is 0.0538. The van der Waals surface area contributed by atoms with Crippen LogP contribution in [0.4, 0.5) is 13.2 Å². The van der Waals surface area contributed by atoms with Crippen molar-refractivity contribution in [3.05, 3.63) is 35.4 Å². The van der Waals surface area contributed by atoms with Gasteiger partial charge in [-0.3, -0.25) is 9.59 Å². The lowest BCUT2D eigenvalue weighted by Crippen LogP contribution is -2.44. The molecule has 24 heavy (non-hydrogen) atoms. The molecule has 0 spiro atoms. The topological polar surface area (TPSA) is 66.4 Å². The van der Waals surface area contributed by atoms with Crippen LogP contribution in [0, 0.1) is 0 Å². The molecule has 0 bridgehead atoms. The molecule has 1 aromatic carbocycles. The summed E-state index contributed by atoms with van der Waals surface area (Å²) < 4.78 is 37.6. The zero-order valence-electron chi connectivity index (χ0n) is 13.9. The molecule has 2 N–H and O–H groups in total. The first kappa shape index (κ1) is 20.0. The third kappa shape index (κ3) is 6.60. The molecular formula is C17H22F3NO3. The van der Waals surface area contributed by atoms with Gasteiger partial charge in [0.25, 0.3) is 0 Å². The minimum atomic E-state index is -4.38. The van der Waals surface area contributed by atoms with Crippen molar-refractivity contribution in [2.75, 3.05) is 0 Å². The number of amides is 1. The number of hydrogen-bond donors (Lipinski definition) is 2. The Labute approximate surface area is 139 Å². The van der Waals surface area contributed by atoms with Gasteiger partial charge in [-0.2, -0.15) is 13.2 Å². The molecule has 0 aliphatic heterocycles. The maximum absolute atomic E-state index is 12.5. The molecule has 0 fully saturated rings. The fraction of sp³-hybridized carbons (Fsp3) is 0.529. The van der Waals surface area contributed by atoms with Gasteiger partial charge in [0.15, 0.2) is 0 Å². The number of carbonyl (C=O) groups is 2. The second-order valence-electron chi connectivity index (χ2n) is 6.55. The second-order valence-corrected chi connectivity index (χ2v) is 6.55. The Morgan fingerprint density at radius 1 is 1.17 bits per heavy atom. The van der Waals surface area contributed by atoms with Gasteiger partial charge in [-0.05, 0) is 43.9 Å². The number of nitrogens with one attached hydrogen (secondary N) is 1. The number of hydrogen-bond acceptors (Lipinski definition) is 2. The number of halogens is 3. The van der Waals surface area contributed by atoms with E-state index < -0.39 is 23.2 Å². The smallest absolute Gasteiger partial charge is 0.416 e. The fourth-order valence-corrected chi connectivity index (χ4v) is 2.31. The summed E-state index contributed by atoms with van der Waals surface area (Å²) in [6.07, 6.45) is -4.03. The number of aliphatic carboxylic acids is 1. The SMILES string of the molecule is CC(CC(=O)NC(C)(C)CCC(=O)O)c1ccc(C(F)(F)F)cc1. The van der Waals surface area contributed by atoms with Crippen LogP contribution in [0.1, 0.15) is 57.1 Å². The molecule has 7 heteroatoms. The monoisotopic (exact) mass is 345 g/mol. The van der Waals surface area contributed by atoms with Crippen molar-refractivity contribution in [2.45, 2.75) is 57.7 Å². The Hall–Kier alpha value is -2.05. The summed E-state index contributed by atoms with van der Waals surface area (Å²) in [6, 6.07) is 4.74. The van der Waals surface area contributed by atoms with E-state index in [1.807, 2.05) is 0 Å². The molecule has 0 aliphatic rings. The molecule has 0 saturated heterocycles. The highest BCUT2D eigenvalue weighted by Gasteiger charge is 2.30. The summed E-state index contributed by atoms with van der Waals surface area (Å²) in [6.45, 7) is 5.22. The van der Waals surface area contributed by atoms with Crippen molar-refractivity contribution in [3.63, 3.8) is 0 Å². The zero-order chi connectivity index (χ0) is 18.5. The molecule has 1 atom stereocenters. The van der Waals surface area contributed by atoms with E-state index in [4.69, 9.17) is 5.11 Å². The quantitative estimate of drug-likeness (QED) is 0.786. The molecule has 1 rings (SSSR count). The van der Waals surface area contributed by atoms with E-state index in [9.17, 15) is 22.8 Å². The predicted molar refractivity (Wildman–Crippen MR) is 83.6 cm³/mol. The number of carbonyl (C=O) groups excluding carboxylic acids is 1. The highest BCUT2D eigenvalue weighted by Crippen LogP contribution is 2.30. The highest BCUT2D eigenvalue weighted by atomic mass is 19.4. The van der Waals surface area contributed by atoms with Gasteiger partial charge in [0.2, 0.25) is 5.91 Å². The van der Waals surface area contributed by atoms with E-state index >= 15 is 0 Å². The Morgan fingerprint density at radius 2 is 1.71 bits per heavy atom. The summed E-state index contributed by atoms with van der Waals surface area (Å²) in [7, 11) is 0. The Kier molecular flexibility index (Phi) is 6.40. The largest absolute Gasteiger partial charge is 0.481 e. The normalized spacial score (nSPS) is 13.4. The van der Waals surface area contributed by atoms with Gasteiger partial charge in [0.1, 0.15) is 0 Å². The van der Waals surface area contributed by atoms with Crippen molar-refractivity contribution in [2.24, 2.45) is 0 Å². The summed E-state index contributed by atoms with van der Waals surface area (Å²) >= 11 is 0. The third-order valence-corrected chi connectivity index (χ3v) is 3.74. The summed E-state index contributed by atoms with van der Waals surface area (Å²) in [5.74, 6) is -1.45. The summed E-state index contributed by atoms with van der Waals surface area (Å²) in [4.78, 5) is 22.7. The summed E-state index contributed by atoms with van der Waals surface area (Å²) in [5, 5.41) is 11.5. The number of rotatable bonds is 7. The second kappa shape index (κ2) is 7.68. The number of benzene rings is 1. The lowest BCUT2D eigenvalue weighted by Gasteiger charge is -2.26. The van der Waals surface area contributed by atoms with Crippen molar-refractivity contribution in [3.8, 4) is 0 Å². The van der Waals surface area contributed by atoms with Crippen LogP contribution in [0.3, 0.4) is 0 Å². The van der Waals surface area contributed by atoms with Gasteiger partial charge in [0.05, 0.1) is 5.56 Å². The van der Waals surface area contributed by atoms with E-state index in [-0.39, 0.29) is 24.7 Å². The molecule has 0 saturated carbocycles. The lowest BCUT2D eigenvalue weighted by atomic mass is 9.94. The molecular weight excluding hydrogens is 323 g/mol. The molecule has 4 nitrogen and oxygen atoms in total. The van der Waals surface area contributed by atoms with E-state index in [1.54, 1.807) is 20.8 Å². The van der Waals surface area contributed by atoms with Gasteiger partial charge in [0, 0.05) is 18.4 Å². The zero-order valence-corrected chi connectivity index (χ0v) is 13.9. The molecule has 0 aromatic heterocycles. The first-order valence-corrected chi connectivity index (χ1v) is 7.61. The van der Waals surface area contributed by atoms with Crippen LogP contribution in [0.25, 0.3) is 0 Å². The molecule has 1 aromatic rings. The first-order chi connectivity index (χ1) is 10.9. The van der Waals surface area contributed by atoms with Crippen LogP contribution < -0.4 is 5.32 Å². The number of carboxylic acids is 1. The van der Waals surface area contributed by atoms with Crippen molar-refractivity contribution < 1.29 is 27.9 Å². The molecule has 1 unspecified atom stereocenters. The molecule has 0 radical (unpaired) electrons. The third-order valence-electron chi connectivity index (χ3n) is 3.74. The van der Waals surface area contributed by atoms with Crippen LogP contribution in [-0.4, -0.2) is 22.5 Å². The maximum atomic E-state index is 12.5. The van der Waals surface area contributed by atoms with Crippen LogP contribution >= 0.6 is 0 Å². The van der Waals surface area contributed by atoms with Crippen molar-refractivity contribution in [1.29, 1.82) is 0 Å². The fourth-order valence-electron chi connectivity index (χ4n) is 2.31.